The molecule has 0 saturated heterocycles. The zero-order valence-electron chi connectivity index (χ0n) is 9.53. The summed E-state index contributed by atoms with van der Waals surface area (Å²) in [5, 5.41) is 7.75. The summed E-state index contributed by atoms with van der Waals surface area (Å²) in [6, 6.07) is 3.57. The highest BCUT2D eigenvalue weighted by atomic mass is 19.1. The number of benzene rings is 1. The van der Waals surface area contributed by atoms with Crippen LogP contribution in [0, 0.1) is 11.6 Å². The lowest BCUT2D eigenvalue weighted by molar-refractivity contribution is 0.570. The highest BCUT2D eigenvalue weighted by Crippen LogP contribution is 2.13. The van der Waals surface area contributed by atoms with E-state index in [0.717, 1.165) is 19.0 Å². The van der Waals surface area contributed by atoms with E-state index in [2.05, 4.69) is 10.2 Å². The summed E-state index contributed by atoms with van der Waals surface area (Å²) < 4.78 is 28.1. The van der Waals surface area contributed by atoms with E-state index < -0.39 is 11.6 Å². The summed E-state index contributed by atoms with van der Waals surface area (Å²) in [5.41, 5.74) is 0.428. The Hall–Kier alpha value is -1.78. The Balaban J connectivity index is 2.22. The van der Waals surface area contributed by atoms with E-state index >= 15 is 0 Å². The fourth-order valence-corrected chi connectivity index (χ4v) is 1.68. The molecule has 1 heterocycles. The quantitative estimate of drug-likeness (QED) is 0.818. The second-order valence-electron chi connectivity index (χ2n) is 3.85. The monoisotopic (exact) mass is 237 g/mol. The molecule has 3 nitrogen and oxygen atoms in total. The Kier molecular flexibility index (Phi) is 3.46. The van der Waals surface area contributed by atoms with Crippen molar-refractivity contribution in [1.29, 1.82) is 0 Å². The zero-order valence-corrected chi connectivity index (χ0v) is 9.53. The molecule has 0 spiro atoms. The summed E-state index contributed by atoms with van der Waals surface area (Å²) in [7, 11) is 0. The number of hydrogen-bond donors (Lipinski definition) is 0. The van der Waals surface area contributed by atoms with Crippen LogP contribution in [0.3, 0.4) is 0 Å². The zero-order chi connectivity index (χ0) is 12.3. The molecule has 0 saturated carbocycles. The Morgan fingerprint density at radius 1 is 1.29 bits per heavy atom. The highest BCUT2D eigenvalue weighted by molar-refractivity contribution is 5.21. The van der Waals surface area contributed by atoms with Crippen molar-refractivity contribution < 1.29 is 8.78 Å². The van der Waals surface area contributed by atoms with E-state index in [9.17, 15) is 8.78 Å². The maximum Gasteiger partial charge on any atom is 0.137 e. The van der Waals surface area contributed by atoms with Crippen LogP contribution in [0.25, 0.3) is 0 Å². The van der Waals surface area contributed by atoms with Gasteiger partial charge >= 0.3 is 0 Å². The van der Waals surface area contributed by atoms with Crippen LogP contribution in [-0.4, -0.2) is 14.8 Å². The van der Waals surface area contributed by atoms with Crippen LogP contribution < -0.4 is 0 Å². The van der Waals surface area contributed by atoms with Crippen LogP contribution in [0.5, 0.6) is 0 Å². The van der Waals surface area contributed by atoms with E-state index in [1.165, 1.54) is 12.1 Å². The first-order valence-corrected chi connectivity index (χ1v) is 5.51. The third-order valence-corrected chi connectivity index (χ3v) is 2.52. The topological polar surface area (TPSA) is 30.7 Å². The lowest BCUT2D eigenvalue weighted by atomic mass is 10.1. The van der Waals surface area contributed by atoms with Crippen LogP contribution in [-0.2, 0) is 13.0 Å². The van der Waals surface area contributed by atoms with Gasteiger partial charge in [0.25, 0.3) is 0 Å². The average Bonchev–Trinajstić information content (AvgIpc) is 2.71. The molecule has 17 heavy (non-hydrogen) atoms. The van der Waals surface area contributed by atoms with Crippen molar-refractivity contribution in [1.82, 2.24) is 14.8 Å². The number of rotatable bonds is 4. The van der Waals surface area contributed by atoms with Gasteiger partial charge in [0.2, 0.25) is 0 Å². The Bertz CT molecular complexity index is 508. The molecule has 0 aliphatic carbocycles. The van der Waals surface area contributed by atoms with Gasteiger partial charge in [-0.15, -0.1) is 10.2 Å². The Labute approximate surface area is 98.1 Å². The molecular weight excluding hydrogens is 224 g/mol. The molecule has 1 aromatic heterocycles. The minimum Gasteiger partial charge on any atom is -0.317 e. The average molecular weight is 237 g/mol. The molecule has 0 aliphatic heterocycles. The summed E-state index contributed by atoms with van der Waals surface area (Å²) in [6.07, 6.45) is 2.91. The van der Waals surface area contributed by atoms with E-state index in [0.29, 0.717) is 17.8 Å². The molecule has 1 aromatic carbocycles. The minimum absolute atomic E-state index is 0.326. The number of nitrogens with zero attached hydrogens (tertiary/aromatic N) is 3. The van der Waals surface area contributed by atoms with Crippen molar-refractivity contribution in [3.63, 3.8) is 0 Å². The summed E-state index contributed by atoms with van der Waals surface area (Å²) in [5.74, 6) is -0.422. The maximum atomic E-state index is 13.5. The predicted molar refractivity (Wildman–Crippen MR) is 59.5 cm³/mol. The lowest BCUT2D eigenvalue weighted by Gasteiger charge is -2.05. The van der Waals surface area contributed by atoms with E-state index in [1.54, 1.807) is 6.33 Å². The standard InChI is InChI=1S/C12H13F2N3/c1-2-5-17-8-15-16-12(17)6-9-3-4-10(13)7-11(9)14/h3-4,7-8H,2,5-6H2,1H3. The molecule has 0 fully saturated rings. The Morgan fingerprint density at radius 3 is 2.82 bits per heavy atom. The molecule has 2 aromatic rings. The predicted octanol–water partition coefficient (Wildman–Crippen LogP) is 2.56. The second kappa shape index (κ2) is 5.03. The van der Waals surface area contributed by atoms with Gasteiger partial charge in [-0.1, -0.05) is 13.0 Å². The first kappa shape index (κ1) is 11.7. The number of aromatic nitrogens is 3. The smallest absolute Gasteiger partial charge is 0.137 e. The molecule has 0 bridgehead atoms. The number of halogens is 2. The van der Waals surface area contributed by atoms with Gasteiger partial charge in [-0.25, -0.2) is 8.78 Å². The molecule has 0 N–H and O–H groups in total. The minimum atomic E-state index is -0.568. The van der Waals surface area contributed by atoms with Crippen LogP contribution in [0.1, 0.15) is 24.7 Å². The van der Waals surface area contributed by atoms with Crippen LogP contribution in [0.15, 0.2) is 24.5 Å². The van der Waals surface area contributed by atoms with Crippen LogP contribution in [0.2, 0.25) is 0 Å². The summed E-state index contributed by atoms with van der Waals surface area (Å²) >= 11 is 0. The molecule has 0 radical (unpaired) electrons. The fraction of sp³-hybridized carbons (Fsp3) is 0.333. The van der Waals surface area contributed by atoms with E-state index in [-0.39, 0.29) is 0 Å². The van der Waals surface area contributed by atoms with Crippen molar-refractivity contribution in [3.05, 3.63) is 47.5 Å². The van der Waals surface area contributed by atoms with Crippen molar-refractivity contribution >= 4 is 0 Å². The number of aryl methyl sites for hydroxylation is 1. The van der Waals surface area contributed by atoms with Gasteiger partial charge in [0.1, 0.15) is 23.8 Å². The first-order valence-electron chi connectivity index (χ1n) is 5.51. The molecule has 0 unspecified atom stereocenters. The second-order valence-corrected chi connectivity index (χ2v) is 3.85. The van der Waals surface area contributed by atoms with Gasteiger partial charge in [0.05, 0.1) is 0 Å². The third-order valence-electron chi connectivity index (χ3n) is 2.52. The highest BCUT2D eigenvalue weighted by Gasteiger charge is 2.09. The molecule has 5 heteroatoms. The molecule has 0 atom stereocenters. The van der Waals surface area contributed by atoms with Gasteiger partial charge in [-0.2, -0.15) is 0 Å². The van der Waals surface area contributed by atoms with Gasteiger partial charge in [-0.05, 0) is 18.1 Å². The van der Waals surface area contributed by atoms with Crippen molar-refractivity contribution in [2.75, 3.05) is 0 Å². The van der Waals surface area contributed by atoms with Gasteiger partial charge in [0.15, 0.2) is 0 Å². The molecule has 90 valence electrons. The van der Waals surface area contributed by atoms with E-state index in [4.69, 9.17) is 0 Å². The van der Waals surface area contributed by atoms with Crippen molar-refractivity contribution in [3.8, 4) is 0 Å². The van der Waals surface area contributed by atoms with Gasteiger partial charge in [0, 0.05) is 19.0 Å². The molecular formula is C12H13F2N3. The first-order chi connectivity index (χ1) is 8.20. The van der Waals surface area contributed by atoms with Gasteiger partial charge in [-0.3, -0.25) is 0 Å². The fourth-order valence-electron chi connectivity index (χ4n) is 1.68. The normalized spacial score (nSPS) is 10.8. The van der Waals surface area contributed by atoms with Gasteiger partial charge < -0.3 is 4.57 Å². The van der Waals surface area contributed by atoms with Crippen LogP contribution >= 0.6 is 0 Å². The molecule has 2 rings (SSSR count). The molecule has 0 amide bonds. The summed E-state index contributed by atoms with van der Waals surface area (Å²) in [6.45, 7) is 2.84. The van der Waals surface area contributed by atoms with Crippen LogP contribution in [0.4, 0.5) is 8.78 Å². The van der Waals surface area contributed by atoms with Crippen molar-refractivity contribution in [2.24, 2.45) is 0 Å². The SMILES string of the molecule is CCCn1cnnc1Cc1ccc(F)cc1F. The van der Waals surface area contributed by atoms with Crippen molar-refractivity contribution in [2.45, 2.75) is 26.3 Å². The van der Waals surface area contributed by atoms with E-state index in [1.807, 2.05) is 11.5 Å². The lowest BCUT2D eigenvalue weighted by Crippen LogP contribution is -2.04. The third kappa shape index (κ3) is 2.67. The largest absolute Gasteiger partial charge is 0.317 e. The maximum absolute atomic E-state index is 13.5. The molecule has 0 aliphatic rings. The Morgan fingerprint density at radius 2 is 2.12 bits per heavy atom. The number of hydrogen-bond acceptors (Lipinski definition) is 2. The summed E-state index contributed by atoms with van der Waals surface area (Å²) in [4.78, 5) is 0.